The van der Waals surface area contributed by atoms with Crippen molar-refractivity contribution in [2.75, 3.05) is 6.61 Å². The maximum atomic E-state index is 10.0. The average molecular weight is 114 g/mol. The van der Waals surface area contributed by atoms with Crippen molar-refractivity contribution in [3.05, 3.63) is 0 Å². The van der Waals surface area contributed by atoms with Crippen LogP contribution in [0, 0.1) is 10.8 Å². The predicted octanol–water partition coefficient (Wildman–Crippen LogP) is -0.171. The third-order valence-electron chi connectivity index (χ3n) is 0.427. The first-order chi connectivity index (χ1) is 3.81. The lowest BCUT2D eigenvalue weighted by atomic mass is 10.7. The quantitative estimate of drug-likeness (QED) is 0.394. The van der Waals surface area contributed by atoms with Gasteiger partial charge in [-0.15, -0.1) is 0 Å². The van der Waals surface area contributed by atoms with Gasteiger partial charge < -0.3 is 15.6 Å². The van der Waals surface area contributed by atoms with Crippen LogP contribution < -0.4 is 0 Å². The summed E-state index contributed by atoms with van der Waals surface area (Å²) in [7, 11) is 0. The van der Waals surface area contributed by atoms with Gasteiger partial charge >= 0.3 is 5.97 Å². The van der Waals surface area contributed by atoms with Gasteiger partial charge in [-0.25, -0.2) is 4.79 Å². The van der Waals surface area contributed by atoms with Crippen molar-refractivity contribution >= 4 is 18.4 Å². The fourth-order valence-corrected chi connectivity index (χ4v) is 0.165. The molecule has 0 radical (unpaired) electrons. The molecule has 2 N–H and O–H groups in total. The van der Waals surface area contributed by atoms with E-state index in [9.17, 15) is 4.79 Å². The number of rotatable bonds is 3. The molecule has 0 aromatic carbocycles. The Morgan fingerprint density at radius 3 is 2.62 bits per heavy atom. The van der Waals surface area contributed by atoms with Crippen LogP contribution in [0.2, 0.25) is 0 Å². The normalized spacial score (nSPS) is 7.50. The van der Waals surface area contributed by atoms with Crippen molar-refractivity contribution in [2.45, 2.75) is 0 Å². The monoisotopic (exact) mass is 114 g/mol. The summed E-state index contributed by atoms with van der Waals surface area (Å²) in [5.74, 6) is -0.714. The zero-order valence-corrected chi connectivity index (χ0v) is 4.18. The van der Waals surface area contributed by atoms with Crippen molar-refractivity contribution in [1.29, 1.82) is 10.8 Å². The van der Waals surface area contributed by atoms with Gasteiger partial charge in [-0.1, -0.05) is 0 Å². The van der Waals surface area contributed by atoms with Crippen LogP contribution in [0.5, 0.6) is 0 Å². The smallest absolute Gasteiger partial charge is 0.349 e. The molecular weight excluding hydrogens is 108 g/mol. The molecule has 8 heavy (non-hydrogen) atoms. The zero-order valence-electron chi connectivity index (χ0n) is 4.18. The minimum atomic E-state index is -0.714. The van der Waals surface area contributed by atoms with Crippen LogP contribution in [0.4, 0.5) is 0 Å². The molecule has 0 fully saturated rings. The summed E-state index contributed by atoms with van der Waals surface area (Å²) in [6, 6.07) is 0. The molecule has 0 unspecified atom stereocenters. The van der Waals surface area contributed by atoms with E-state index in [-0.39, 0.29) is 6.61 Å². The van der Waals surface area contributed by atoms with E-state index in [4.69, 9.17) is 10.8 Å². The second kappa shape index (κ2) is 3.98. The summed E-state index contributed by atoms with van der Waals surface area (Å²) in [6.45, 7) is -0.0474. The average Bonchev–Trinajstić information content (AvgIpc) is 1.83. The Bertz CT molecular complexity index is 111. The summed E-state index contributed by atoms with van der Waals surface area (Å²) in [6.07, 6.45) is 1.50. The van der Waals surface area contributed by atoms with Crippen molar-refractivity contribution in [1.82, 2.24) is 0 Å². The van der Waals surface area contributed by atoms with Gasteiger partial charge in [0, 0.05) is 6.21 Å². The summed E-state index contributed by atoms with van der Waals surface area (Å²) < 4.78 is 4.22. The lowest BCUT2D eigenvalue weighted by molar-refractivity contribution is -0.133. The molecule has 0 spiro atoms. The molecular formula is C4H6N2O2. The van der Waals surface area contributed by atoms with E-state index in [1.165, 1.54) is 0 Å². The Morgan fingerprint density at radius 2 is 2.25 bits per heavy atom. The lowest BCUT2D eigenvalue weighted by Crippen LogP contribution is -2.05. The van der Waals surface area contributed by atoms with Gasteiger partial charge in [0.1, 0.15) is 12.8 Å². The Balaban J connectivity index is 3.24. The standard InChI is InChI=1S/C4H6N2O2/c5-1-2-8-4(7)3-6/h1,3,5-6H,2H2. The fraction of sp³-hybridized carbons (Fsp3) is 0.250. The Kier molecular flexibility index (Phi) is 3.39. The van der Waals surface area contributed by atoms with Gasteiger partial charge in [-0.3, -0.25) is 0 Å². The Labute approximate surface area is 46.5 Å². The first-order valence-electron chi connectivity index (χ1n) is 1.97. The van der Waals surface area contributed by atoms with Crippen LogP contribution in [0.15, 0.2) is 0 Å². The van der Waals surface area contributed by atoms with E-state index < -0.39 is 5.97 Å². The molecule has 0 bridgehead atoms. The zero-order chi connectivity index (χ0) is 6.41. The van der Waals surface area contributed by atoms with E-state index in [1.54, 1.807) is 0 Å². The van der Waals surface area contributed by atoms with Gasteiger partial charge in [0.2, 0.25) is 0 Å². The molecule has 0 aliphatic heterocycles. The summed E-state index contributed by atoms with van der Waals surface area (Å²) in [5, 5.41) is 12.7. The predicted molar refractivity (Wildman–Crippen MR) is 28.5 cm³/mol. The third-order valence-corrected chi connectivity index (χ3v) is 0.427. The van der Waals surface area contributed by atoms with Crippen molar-refractivity contribution in [3.8, 4) is 0 Å². The highest BCUT2D eigenvalue weighted by molar-refractivity contribution is 6.21. The minimum absolute atomic E-state index is 0.0474. The van der Waals surface area contributed by atoms with Gasteiger partial charge in [0.05, 0.1) is 0 Å². The van der Waals surface area contributed by atoms with E-state index in [1.807, 2.05) is 0 Å². The molecule has 4 nitrogen and oxygen atoms in total. The lowest BCUT2D eigenvalue weighted by Gasteiger charge is -1.90. The molecule has 0 aliphatic rings. The van der Waals surface area contributed by atoms with Crippen molar-refractivity contribution in [3.63, 3.8) is 0 Å². The maximum absolute atomic E-state index is 10.0. The van der Waals surface area contributed by atoms with Crippen molar-refractivity contribution < 1.29 is 9.53 Å². The molecule has 0 atom stereocenters. The van der Waals surface area contributed by atoms with E-state index >= 15 is 0 Å². The Morgan fingerprint density at radius 1 is 1.62 bits per heavy atom. The van der Waals surface area contributed by atoms with Crippen molar-refractivity contribution in [2.24, 2.45) is 0 Å². The number of ether oxygens (including phenoxy) is 1. The highest BCUT2D eigenvalue weighted by Crippen LogP contribution is 1.67. The van der Waals surface area contributed by atoms with Crippen LogP contribution in [0.3, 0.4) is 0 Å². The molecule has 0 saturated heterocycles. The van der Waals surface area contributed by atoms with E-state index in [0.717, 1.165) is 6.21 Å². The molecule has 4 heteroatoms. The summed E-state index contributed by atoms with van der Waals surface area (Å²) in [5.41, 5.74) is 0. The summed E-state index contributed by atoms with van der Waals surface area (Å²) >= 11 is 0. The van der Waals surface area contributed by atoms with E-state index in [2.05, 4.69) is 4.74 Å². The molecule has 0 amide bonds. The second-order valence-electron chi connectivity index (χ2n) is 0.979. The second-order valence-corrected chi connectivity index (χ2v) is 0.979. The molecule has 44 valence electrons. The number of carbonyl (C=O) groups excluding carboxylic acids is 1. The van der Waals surface area contributed by atoms with Crippen LogP contribution in [0.1, 0.15) is 0 Å². The van der Waals surface area contributed by atoms with Gasteiger partial charge in [0.25, 0.3) is 0 Å². The molecule has 0 saturated carbocycles. The fourth-order valence-electron chi connectivity index (χ4n) is 0.165. The topological polar surface area (TPSA) is 74.0 Å². The van der Waals surface area contributed by atoms with Crippen LogP contribution >= 0.6 is 0 Å². The minimum Gasteiger partial charge on any atom is -0.456 e. The maximum Gasteiger partial charge on any atom is 0.349 e. The van der Waals surface area contributed by atoms with Crippen LogP contribution in [-0.4, -0.2) is 25.0 Å². The Hall–Kier alpha value is -1.19. The first kappa shape index (κ1) is 6.81. The van der Waals surface area contributed by atoms with Gasteiger partial charge in [-0.05, 0) is 0 Å². The number of carbonyl (C=O) groups is 1. The number of esters is 1. The number of nitrogens with one attached hydrogen (secondary N) is 2. The highest BCUT2D eigenvalue weighted by Gasteiger charge is 1.90. The number of hydrogen-bond acceptors (Lipinski definition) is 4. The molecule has 0 aromatic heterocycles. The first-order valence-corrected chi connectivity index (χ1v) is 1.97. The molecule has 0 heterocycles. The van der Waals surface area contributed by atoms with Crippen LogP contribution in [-0.2, 0) is 9.53 Å². The number of hydrogen-bond donors (Lipinski definition) is 2. The molecule has 0 aliphatic carbocycles. The van der Waals surface area contributed by atoms with E-state index in [0.29, 0.717) is 6.21 Å². The summed E-state index contributed by atoms with van der Waals surface area (Å²) in [4.78, 5) is 10.0. The molecule has 0 rings (SSSR count). The SMILES string of the molecule is N=CCOC(=O)C=N. The van der Waals surface area contributed by atoms with Crippen LogP contribution in [0.25, 0.3) is 0 Å². The van der Waals surface area contributed by atoms with Gasteiger partial charge in [0.15, 0.2) is 0 Å². The van der Waals surface area contributed by atoms with Gasteiger partial charge in [-0.2, -0.15) is 0 Å². The third kappa shape index (κ3) is 3.02. The largest absolute Gasteiger partial charge is 0.456 e. The highest BCUT2D eigenvalue weighted by atomic mass is 16.5. The molecule has 0 aromatic rings.